The van der Waals surface area contributed by atoms with Crippen molar-refractivity contribution in [1.82, 2.24) is 14.0 Å². The van der Waals surface area contributed by atoms with Crippen LogP contribution in [-0.4, -0.2) is 14.0 Å². The fourth-order valence-corrected chi connectivity index (χ4v) is 2.68. The summed E-state index contributed by atoms with van der Waals surface area (Å²) in [5.41, 5.74) is 4.51. The highest BCUT2D eigenvalue weighted by atomic mass is 15.2. The van der Waals surface area contributed by atoms with Gasteiger partial charge in [0.05, 0.1) is 11.4 Å². The Morgan fingerprint density at radius 1 is 0.762 bits per heavy atom. The minimum Gasteiger partial charge on any atom is -0.313 e. The molecule has 2 aromatic heterocycles. The first kappa shape index (κ1) is 12.0. The van der Waals surface area contributed by atoms with E-state index < -0.39 is 0 Å². The monoisotopic (exact) mass is 273 g/mol. The molecule has 4 aromatic rings. The van der Waals surface area contributed by atoms with E-state index in [0.29, 0.717) is 0 Å². The van der Waals surface area contributed by atoms with E-state index in [-0.39, 0.29) is 0 Å². The fraction of sp³-hybridized carbons (Fsp3) is 0.0556. The standard InChI is InChI=1S/C18H15N3/c1-20-17(15-10-6-3-7-11-15)13-21-12-16(19-18(20)21)14-8-4-2-5-9-14/h2-13H,1H3. The van der Waals surface area contributed by atoms with Crippen LogP contribution in [0.15, 0.2) is 73.1 Å². The third-order valence-electron chi connectivity index (χ3n) is 3.77. The smallest absolute Gasteiger partial charge is 0.214 e. The van der Waals surface area contributed by atoms with Crippen molar-refractivity contribution in [2.75, 3.05) is 0 Å². The van der Waals surface area contributed by atoms with E-state index in [1.807, 2.05) is 24.3 Å². The molecule has 2 aromatic carbocycles. The van der Waals surface area contributed by atoms with E-state index >= 15 is 0 Å². The predicted octanol–water partition coefficient (Wildman–Crippen LogP) is 4.01. The number of hydrogen-bond acceptors (Lipinski definition) is 1. The van der Waals surface area contributed by atoms with E-state index in [4.69, 9.17) is 4.98 Å². The third-order valence-corrected chi connectivity index (χ3v) is 3.77. The number of aryl methyl sites for hydroxylation is 1. The van der Waals surface area contributed by atoms with Gasteiger partial charge in [-0.1, -0.05) is 60.7 Å². The molecule has 0 aliphatic rings. The summed E-state index contributed by atoms with van der Waals surface area (Å²) in [7, 11) is 2.06. The second-order valence-corrected chi connectivity index (χ2v) is 5.14. The lowest BCUT2D eigenvalue weighted by Crippen LogP contribution is -1.92. The second kappa shape index (κ2) is 4.63. The van der Waals surface area contributed by atoms with E-state index in [9.17, 15) is 0 Å². The summed E-state index contributed by atoms with van der Waals surface area (Å²) in [6, 6.07) is 20.6. The molecule has 0 aliphatic heterocycles. The molecule has 0 spiro atoms. The van der Waals surface area contributed by atoms with Crippen molar-refractivity contribution in [2.45, 2.75) is 0 Å². The minimum atomic E-state index is 0.952. The first-order valence-corrected chi connectivity index (χ1v) is 6.98. The summed E-state index contributed by atoms with van der Waals surface area (Å²) >= 11 is 0. The molecule has 0 fully saturated rings. The number of nitrogens with zero attached hydrogens (tertiary/aromatic N) is 3. The van der Waals surface area contributed by atoms with Gasteiger partial charge in [0.15, 0.2) is 0 Å². The highest BCUT2D eigenvalue weighted by Gasteiger charge is 2.11. The Bertz CT molecular complexity index is 886. The van der Waals surface area contributed by atoms with Crippen molar-refractivity contribution in [3.05, 3.63) is 73.1 Å². The zero-order chi connectivity index (χ0) is 14.2. The van der Waals surface area contributed by atoms with Crippen molar-refractivity contribution in [2.24, 2.45) is 7.05 Å². The largest absolute Gasteiger partial charge is 0.313 e. The average Bonchev–Trinajstić information content (AvgIpc) is 3.09. The zero-order valence-corrected chi connectivity index (χ0v) is 11.8. The van der Waals surface area contributed by atoms with Gasteiger partial charge in [-0.3, -0.25) is 4.40 Å². The molecule has 0 atom stereocenters. The first-order chi connectivity index (χ1) is 10.3. The van der Waals surface area contributed by atoms with Gasteiger partial charge < -0.3 is 4.57 Å². The van der Waals surface area contributed by atoms with Crippen molar-refractivity contribution in [3.8, 4) is 22.5 Å². The molecular formula is C18H15N3. The Hall–Kier alpha value is -2.81. The second-order valence-electron chi connectivity index (χ2n) is 5.14. The molecular weight excluding hydrogens is 258 g/mol. The van der Waals surface area contributed by atoms with Crippen LogP contribution in [0.2, 0.25) is 0 Å². The molecule has 0 saturated heterocycles. The Balaban J connectivity index is 1.85. The van der Waals surface area contributed by atoms with E-state index in [2.05, 4.69) is 64.8 Å². The molecule has 0 unspecified atom stereocenters. The maximum Gasteiger partial charge on any atom is 0.214 e. The number of fused-ring (bicyclic) bond motifs is 1. The highest BCUT2D eigenvalue weighted by Crippen LogP contribution is 2.24. The first-order valence-electron chi connectivity index (χ1n) is 6.98. The third kappa shape index (κ3) is 1.94. The summed E-state index contributed by atoms with van der Waals surface area (Å²) in [5, 5.41) is 0. The average molecular weight is 273 g/mol. The number of aromatic nitrogens is 3. The van der Waals surface area contributed by atoms with E-state index in [1.54, 1.807) is 0 Å². The Kier molecular flexibility index (Phi) is 2.64. The Labute approximate surface area is 123 Å². The molecule has 21 heavy (non-hydrogen) atoms. The molecule has 0 amide bonds. The number of hydrogen-bond donors (Lipinski definition) is 0. The molecule has 0 saturated carbocycles. The van der Waals surface area contributed by atoms with Crippen molar-refractivity contribution in [1.29, 1.82) is 0 Å². The minimum absolute atomic E-state index is 0.952. The van der Waals surface area contributed by atoms with Crippen LogP contribution in [0.25, 0.3) is 28.3 Å². The van der Waals surface area contributed by atoms with Gasteiger partial charge in [0.2, 0.25) is 5.78 Å². The van der Waals surface area contributed by atoms with Gasteiger partial charge in [-0.2, -0.15) is 0 Å². The van der Waals surface area contributed by atoms with Gasteiger partial charge >= 0.3 is 0 Å². The van der Waals surface area contributed by atoms with Crippen molar-refractivity contribution in [3.63, 3.8) is 0 Å². The maximum atomic E-state index is 4.75. The van der Waals surface area contributed by atoms with Gasteiger partial charge in [-0.25, -0.2) is 4.98 Å². The van der Waals surface area contributed by atoms with Gasteiger partial charge in [-0.05, 0) is 5.56 Å². The van der Waals surface area contributed by atoms with Crippen molar-refractivity contribution >= 4 is 5.78 Å². The summed E-state index contributed by atoms with van der Waals surface area (Å²) < 4.78 is 4.21. The van der Waals surface area contributed by atoms with E-state index in [1.165, 1.54) is 5.56 Å². The number of imidazole rings is 2. The quantitative estimate of drug-likeness (QED) is 0.541. The van der Waals surface area contributed by atoms with Crippen LogP contribution in [0.1, 0.15) is 0 Å². The number of rotatable bonds is 2. The summed E-state index contributed by atoms with van der Waals surface area (Å²) in [5.74, 6) is 0.952. The topological polar surface area (TPSA) is 22.2 Å². The lowest BCUT2D eigenvalue weighted by molar-refractivity contribution is 0.945. The Morgan fingerprint density at radius 3 is 2.00 bits per heavy atom. The summed E-state index contributed by atoms with van der Waals surface area (Å²) in [6.07, 6.45) is 4.21. The van der Waals surface area contributed by atoms with Gasteiger partial charge in [-0.15, -0.1) is 0 Å². The van der Waals surface area contributed by atoms with Gasteiger partial charge in [0.25, 0.3) is 0 Å². The van der Waals surface area contributed by atoms with E-state index in [0.717, 1.165) is 22.7 Å². The van der Waals surface area contributed by atoms with Gasteiger partial charge in [0.1, 0.15) is 0 Å². The zero-order valence-electron chi connectivity index (χ0n) is 11.8. The number of benzene rings is 2. The van der Waals surface area contributed by atoms with Crippen LogP contribution in [0.5, 0.6) is 0 Å². The lowest BCUT2D eigenvalue weighted by atomic mass is 10.2. The fourth-order valence-electron chi connectivity index (χ4n) is 2.68. The highest BCUT2D eigenvalue weighted by molar-refractivity contribution is 5.66. The van der Waals surface area contributed by atoms with Crippen LogP contribution < -0.4 is 0 Å². The van der Waals surface area contributed by atoms with Crippen LogP contribution in [0.4, 0.5) is 0 Å². The molecule has 3 nitrogen and oxygen atoms in total. The Morgan fingerprint density at radius 2 is 1.38 bits per heavy atom. The molecule has 0 aliphatic carbocycles. The summed E-state index contributed by atoms with van der Waals surface area (Å²) in [6.45, 7) is 0. The van der Waals surface area contributed by atoms with Crippen LogP contribution in [0, 0.1) is 0 Å². The molecule has 3 heteroatoms. The molecule has 0 radical (unpaired) electrons. The van der Waals surface area contributed by atoms with Crippen LogP contribution in [0.3, 0.4) is 0 Å². The van der Waals surface area contributed by atoms with Gasteiger partial charge in [0, 0.05) is 25.0 Å². The summed E-state index contributed by atoms with van der Waals surface area (Å²) in [4.78, 5) is 4.75. The normalized spacial score (nSPS) is 11.1. The molecule has 0 bridgehead atoms. The molecule has 4 rings (SSSR count). The molecule has 0 N–H and O–H groups in total. The lowest BCUT2D eigenvalue weighted by Gasteiger charge is -2.02. The van der Waals surface area contributed by atoms with Crippen LogP contribution >= 0.6 is 0 Å². The van der Waals surface area contributed by atoms with Crippen LogP contribution in [-0.2, 0) is 7.05 Å². The molecule has 102 valence electrons. The maximum absolute atomic E-state index is 4.75. The van der Waals surface area contributed by atoms with Crippen molar-refractivity contribution < 1.29 is 0 Å². The predicted molar refractivity (Wildman–Crippen MR) is 85.0 cm³/mol. The molecule has 2 heterocycles. The SMILES string of the molecule is Cn1c(-c2ccccc2)cn2cc(-c3ccccc3)nc12.